The van der Waals surface area contributed by atoms with Crippen molar-refractivity contribution < 1.29 is 4.79 Å². The van der Waals surface area contributed by atoms with E-state index in [1.54, 1.807) is 11.3 Å². The lowest BCUT2D eigenvalue weighted by atomic mass is 10.1. The Morgan fingerprint density at radius 3 is 2.72 bits per heavy atom. The van der Waals surface area contributed by atoms with E-state index in [4.69, 9.17) is 5.73 Å². The molecule has 0 aromatic carbocycles. The van der Waals surface area contributed by atoms with Crippen LogP contribution < -0.4 is 11.1 Å². The van der Waals surface area contributed by atoms with E-state index in [1.807, 2.05) is 18.4 Å². The number of rotatable bonds is 8. The number of unbranched alkanes of at least 4 members (excludes halogenated alkanes) is 3. The summed E-state index contributed by atoms with van der Waals surface area (Å²) in [7, 11) is 0. The molecule has 104 valence electrons. The maximum atomic E-state index is 11.7. The second-order valence-corrected chi connectivity index (χ2v) is 5.24. The van der Waals surface area contributed by atoms with Crippen LogP contribution in [0.25, 0.3) is 0 Å². The van der Waals surface area contributed by atoms with Gasteiger partial charge in [-0.2, -0.15) is 0 Å². The Hall–Kier alpha value is -0.580. The van der Waals surface area contributed by atoms with Crippen LogP contribution in [0.15, 0.2) is 17.5 Å². The molecular weight excluding hydrogens is 268 g/mol. The van der Waals surface area contributed by atoms with Gasteiger partial charge in [0.2, 0.25) is 5.91 Å². The van der Waals surface area contributed by atoms with Gasteiger partial charge >= 0.3 is 0 Å². The molecule has 0 aliphatic heterocycles. The molecule has 0 bridgehead atoms. The summed E-state index contributed by atoms with van der Waals surface area (Å²) in [6.07, 6.45) is 4.87. The van der Waals surface area contributed by atoms with E-state index in [0.717, 1.165) is 32.2 Å². The minimum Gasteiger partial charge on any atom is -0.349 e. The van der Waals surface area contributed by atoms with E-state index in [-0.39, 0.29) is 24.4 Å². The van der Waals surface area contributed by atoms with Crippen LogP contribution in [0.4, 0.5) is 0 Å². The van der Waals surface area contributed by atoms with E-state index < -0.39 is 0 Å². The van der Waals surface area contributed by atoms with Crippen molar-refractivity contribution in [1.82, 2.24) is 5.32 Å². The highest BCUT2D eigenvalue weighted by molar-refractivity contribution is 7.10. The van der Waals surface area contributed by atoms with Gasteiger partial charge in [0.05, 0.1) is 6.04 Å². The summed E-state index contributed by atoms with van der Waals surface area (Å²) in [5, 5.41) is 5.05. The van der Waals surface area contributed by atoms with Crippen LogP contribution in [0, 0.1) is 0 Å². The standard InChI is InChI=1S/C13H22N2OS.ClH/c1-11(12-7-6-10-17-12)15-13(16)8-4-2-3-5-9-14;/h6-7,10-11H,2-5,8-9,14H2,1H3,(H,15,16);1H. The molecule has 0 radical (unpaired) electrons. The van der Waals surface area contributed by atoms with Crippen molar-refractivity contribution in [3.05, 3.63) is 22.4 Å². The van der Waals surface area contributed by atoms with E-state index in [0.29, 0.717) is 6.42 Å². The molecule has 18 heavy (non-hydrogen) atoms. The second kappa shape index (κ2) is 10.4. The topological polar surface area (TPSA) is 55.1 Å². The van der Waals surface area contributed by atoms with Gasteiger partial charge < -0.3 is 11.1 Å². The van der Waals surface area contributed by atoms with Gasteiger partial charge in [-0.05, 0) is 37.8 Å². The van der Waals surface area contributed by atoms with Gasteiger partial charge in [0.1, 0.15) is 0 Å². The van der Waals surface area contributed by atoms with Gasteiger partial charge in [-0.15, -0.1) is 23.7 Å². The van der Waals surface area contributed by atoms with Crippen molar-refractivity contribution in [3.63, 3.8) is 0 Å². The first-order chi connectivity index (χ1) is 8.24. The SMILES string of the molecule is CC(NC(=O)CCCCCCN)c1cccs1.Cl. The molecule has 0 aliphatic rings. The van der Waals surface area contributed by atoms with Crippen LogP contribution >= 0.6 is 23.7 Å². The molecule has 0 fully saturated rings. The molecule has 1 rings (SSSR count). The number of carbonyl (C=O) groups is 1. The first-order valence-electron chi connectivity index (χ1n) is 6.27. The Labute approximate surface area is 120 Å². The first-order valence-corrected chi connectivity index (χ1v) is 7.15. The summed E-state index contributed by atoms with van der Waals surface area (Å²) in [5.41, 5.74) is 5.41. The van der Waals surface area contributed by atoms with Crippen LogP contribution in [0.1, 0.15) is 49.9 Å². The summed E-state index contributed by atoms with van der Waals surface area (Å²) in [5.74, 6) is 0.152. The molecule has 0 spiro atoms. The molecular formula is C13H23ClN2OS. The zero-order chi connectivity index (χ0) is 12.5. The van der Waals surface area contributed by atoms with Crippen LogP contribution in [0.5, 0.6) is 0 Å². The lowest BCUT2D eigenvalue weighted by Crippen LogP contribution is -2.25. The number of thiophene rings is 1. The highest BCUT2D eigenvalue weighted by atomic mass is 35.5. The molecule has 1 unspecified atom stereocenters. The third-order valence-electron chi connectivity index (χ3n) is 2.71. The summed E-state index contributed by atoms with van der Waals surface area (Å²) in [6, 6.07) is 4.19. The van der Waals surface area contributed by atoms with E-state index in [9.17, 15) is 4.79 Å². The number of halogens is 1. The largest absolute Gasteiger partial charge is 0.349 e. The lowest BCUT2D eigenvalue weighted by Gasteiger charge is -2.11. The van der Waals surface area contributed by atoms with E-state index in [1.165, 1.54) is 4.88 Å². The predicted octanol–water partition coefficient (Wildman–Crippen LogP) is 3.26. The molecule has 3 N–H and O–H groups in total. The fourth-order valence-corrected chi connectivity index (χ4v) is 2.44. The average Bonchev–Trinajstić information content (AvgIpc) is 2.82. The summed E-state index contributed by atoms with van der Waals surface area (Å²) in [4.78, 5) is 12.9. The first kappa shape index (κ1) is 17.4. The highest BCUT2D eigenvalue weighted by Gasteiger charge is 2.09. The maximum Gasteiger partial charge on any atom is 0.220 e. The van der Waals surface area contributed by atoms with E-state index >= 15 is 0 Å². The number of hydrogen-bond donors (Lipinski definition) is 2. The lowest BCUT2D eigenvalue weighted by molar-refractivity contribution is -0.121. The van der Waals surface area contributed by atoms with Crippen LogP contribution in [-0.2, 0) is 4.79 Å². The van der Waals surface area contributed by atoms with Crippen molar-refractivity contribution in [3.8, 4) is 0 Å². The monoisotopic (exact) mass is 290 g/mol. The third kappa shape index (κ3) is 6.99. The number of nitrogens with two attached hydrogens (primary N) is 1. The van der Waals surface area contributed by atoms with Gasteiger partial charge in [-0.25, -0.2) is 0 Å². The summed E-state index contributed by atoms with van der Waals surface area (Å²) in [6.45, 7) is 2.78. The van der Waals surface area contributed by atoms with Gasteiger partial charge in [0, 0.05) is 11.3 Å². The normalized spacial score (nSPS) is 11.7. The molecule has 1 amide bonds. The number of amides is 1. The molecule has 1 aromatic rings. The summed E-state index contributed by atoms with van der Waals surface area (Å²) >= 11 is 1.68. The highest BCUT2D eigenvalue weighted by Crippen LogP contribution is 2.18. The van der Waals surface area contributed by atoms with Crippen molar-refractivity contribution in [2.75, 3.05) is 6.54 Å². The van der Waals surface area contributed by atoms with Gasteiger partial charge in [0.15, 0.2) is 0 Å². The fraction of sp³-hybridized carbons (Fsp3) is 0.615. The second-order valence-electron chi connectivity index (χ2n) is 4.26. The molecule has 0 saturated heterocycles. The minimum atomic E-state index is 0. The van der Waals surface area contributed by atoms with Crippen LogP contribution in [0.3, 0.4) is 0 Å². The van der Waals surface area contributed by atoms with Gasteiger partial charge in [-0.3, -0.25) is 4.79 Å². The Bertz CT molecular complexity index is 317. The Balaban J connectivity index is 0.00000289. The number of carbonyl (C=O) groups excluding carboxylic acids is 1. The van der Waals surface area contributed by atoms with Crippen molar-refractivity contribution in [1.29, 1.82) is 0 Å². The molecule has 1 atom stereocenters. The molecule has 1 heterocycles. The molecule has 0 aliphatic carbocycles. The Morgan fingerprint density at radius 2 is 2.11 bits per heavy atom. The Kier molecular flexibility index (Phi) is 10.0. The molecule has 3 nitrogen and oxygen atoms in total. The van der Waals surface area contributed by atoms with Crippen molar-refractivity contribution in [2.45, 2.75) is 45.1 Å². The number of nitrogens with one attached hydrogen (secondary N) is 1. The third-order valence-corrected chi connectivity index (χ3v) is 3.76. The number of hydrogen-bond acceptors (Lipinski definition) is 3. The zero-order valence-corrected chi connectivity index (χ0v) is 12.5. The van der Waals surface area contributed by atoms with Gasteiger partial charge in [0.25, 0.3) is 0 Å². The molecule has 0 saturated carbocycles. The minimum absolute atomic E-state index is 0. The smallest absolute Gasteiger partial charge is 0.220 e. The van der Waals surface area contributed by atoms with Crippen LogP contribution in [0.2, 0.25) is 0 Å². The molecule has 1 aromatic heterocycles. The maximum absolute atomic E-state index is 11.7. The van der Waals surface area contributed by atoms with Crippen molar-refractivity contribution >= 4 is 29.7 Å². The van der Waals surface area contributed by atoms with E-state index in [2.05, 4.69) is 11.4 Å². The Morgan fingerprint density at radius 1 is 1.39 bits per heavy atom. The van der Waals surface area contributed by atoms with Crippen molar-refractivity contribution in [2.24, 2.45) is 5.73 Å². The van der Waals surface area contributed by atoms with Gasteiger partial charge in [-0.1, -0.05) is 18.9 Å². The summed E-state index contributed by atoms with van der Waals surface area (Å²) < 4.78 is 0. The average molecular weight is 291 g/mol. The fourth-order valence-electron chi connectivity index (χ4n) is 1.71. The molecule has 5 heteroatoms. The zero-order valence-electron chi connectivity index (χ0n) is 10.9. The quantitative estimate of drug-likeness (QED) is 0.722. The van der Waals surface area contributed by atoms with Crippen LogP contribution in [-0.4, -0.2) is 12.5 Å². The predicted molar refractivity (Wildman–Crippen MR) is 80.3 cm³/mol.